The van der Waals surface area contributed by atoms with E-state index < -0.39 is 17.5 Å². The van der Waals surface area contributed by atoms with Crippen molar-refractivity contribution in [2.75, 3.05) is 18.6 Å². The Balaban J connectivity index is 0.000000220. The van der Waals surface area contributed by atoms with E-state index >= 15 is 0 Å². The van der Waals surface area contributed by atoms with Crippen molar-refractivity contribution in [2.24, 2.45) is 0 Å². The van der Waals surface area contributed by atoms with Gasteiger partial charge in [-0.1, -0.05) is 54.1 Å². The molecule has 4 aromatic carbocycles. The zero-order valence-corrected chi connectivity index (χ0v) is 20.3. The van der Waals surface area contributed by atoms with Gasteiger partial charge in [0.1, 0.15) is 5.75 Å². The van der Waals surface area contributed by atoms with E-state index in [4.69, 9.17) is 27.8 Å². The number of ketones is 2. The molecular formula is C28H22ClF3N2O3. The third-order valence-corrected chi connectivity index (χ3v) is 5.51. The predicted molar refractivity (Wildman–Crippen MR) is 138 cm³/mol. The second kappa shape index (κ2) is 11.6. The van der Waals surface area contributed by atoms with Crippen LogP contribution in [0.3, 0.4) is 0 Å². The number of alkyl halides is 3. The van der Waals surface area contributed by atoms with E-state index in [0.717, 1.165) is 18.2 Å². The van der Waals surface area contributed by atoms with Gasteiger partial charge in [-0.05, 0) is 48.5 Å². The summed E-state index contributed by atoms with van der Waals surface area (Å²) in [5, 5.41) is 0.259. The molecule has 37 heavy (non-hydrogen) atoms. The summed E-state index contributed by atoms with van der Waals surface area (Å²) in [6.07, 6.45) is -4.57. The van der Waals surface area contributed by atoms with Gasteiger partial charge in [-0.2, -0.15) is 13.2 Å². The molecule has 0 saturated carbocycles. The first kappa shape index (κ1) is 27.3. The van der Waals surface area contributed by atoms with Crippen LogP contribution in [0, 0.1) is 0 Å². The Hall–Kier alpha value is -4.30. The number of hydrogen-bond donors (Lipinski definition) is 2. The van der Waals surface area contributed by atoms with Crippen LogP contribution < -0.4 is 16.2 Å². The molecule has 0 radical (unpaired) electrons. The number of rotatable bonds is 5. The highest BCUT2D eigenvalue weighted by Gasteiger charge is 2.32. The van der Waals surface area contributed by atoms with Gasteiger partial charge < -0.3 is 16.2 Å². The molecule has 0 bridgehead atoms. The highest BCUT2D eigenvalue weighted by Crippen LogP contribution is 2.33. The summed E-state index contributed by atoms with van der Waals surface area (Å²) in [5.41, 5.74) is 11.9. The minimum Gasteiger partial charge on any atom is -0.496 e. The third kappa shape index (κ3) is 6.68. The molecule has 4 aromatic rings. The number of para-hydroxylation sites is 1. The lowest BCUT2D eigenvalue weighted by Gasteiger charge is -2.12. The molecule has 0 aliphatic heterocycles. The quantitative estimate of drug-likeness (QED) is 0.223. The second-order valence-corrected chi connectivity index (χ2v) is 8.19. The van der Waals surface area contributed by atoms with Crippen LogP contribution in [0.15, 0.2) is 91.0 Å². The molecule has 0 atom stereocenters. The van der Waals surface area contributed by atoms with E-state index in [9.17, 15) is 22.8 Å². The number of benzene rings is 4. The standard InChI is InChI=1S/C15H11ClF3NO2.C13H11NO/c1-22-13-5-3-9(16)7-11(13)14(21)10-6-8(15(17,18)19)2-4-12(10)20;14-12-9-5-4-8-11(12)13(15)10-6-2-1-3-7-10/h2-7H,20H2,1H3;1-9H,14H2. The van der Waals surface area contributed by atoms with Crippen molar-refractivity contribution < 1.29 is 27.5 Å². The van der Waals surface area contributed by atoms with E-state index in [1.54, 1.807) is 24.3 Å². The van der Waals surface area contributed by atoms with Crippen LogP contribution in [0.2, 0.25) is 5.02 Å². The molecule has 0 aromatic heterocycles. The van der Waals surface area contributed by atoms with Gasteiger partial charge in [-0.15, -0.1) is 0 Å². The van der Waals surface area contributed by atoms with Crippen molar-refractivity contribution in [1.82, 2.24) is 0 Å². The minimum atomic E-state index is -4.57. The Morgan fingerprint density at radius 3 is 1.97 bits per heavy atom. The number of hydrogen-bond acceptors (Lipinski definition) is 5. The first-order valence-corrected chi connectivity index (χ1v) is 11.2. The van der Waals surface area contributed by atoms with Crippen LogP contribution in [0.1, 0.15) is 37.4 Å². The number of nitrogens with two attached hydrogens (primary N) is 2. The van der Waals surface area contributed by atoms with Crippen LogP contribution >= 0.6 is 11.6 Å². The molecule has 190 valence electrons. The number of methoxy groups -OCH3 is 1. The average Bonchev–Trinajstić information content (AvgIpc) is 2.88. The number of ether oxygens (including phenoxy) is 1. The van der Waals surface area contributed by atoms with Gasteiger partial charge in [0.05, 0.1) is 18.2 Å². The molecule has 0 unspecified atom stereocenters. The van der Waals surface area contributed by atoms with Crippen molar-refractivity contribution >= 4 is 34.5 Å². The molecule has 0 heterocycles. The van der Waals surface area contributed by atoms with Gasteiger partial charge in [0.2, 0.25) is 0 Å². The molecule has 4 N–H and O–H groups in total. The molecule has 4 rings (SSSR count). The third-order valence-electron chi connectivity index (χ3n) is 5.27. The molecule has 0 aliphatic rings. The van der Waals surface area contributed by atoms with Gasteiger partial charge in [-0.3, -0.25) is 9.59 Å². The molecular weight excluding hydrogens is 505 g/mol. The predicted octanol–water partition coefficient (Wildman–Crippen LogP) is 6.68. The van der Waals surface area contributed by atoms with Gasteiger partial charge in [0.25, 0.3) is 0 Å². The average molecular weight is 527 g/mol. The Morgan fingerprint density at radius 1 is 0.730 bits per heavy atom. The Morgan fingerprint density at radius 2 is 1.35 bits per heavy atom. The van der Waals surface area contributed by atoms with Crippen LogP contribution in [0.4, 0.5) is 24.5 Å². The maximum absolute atomic E-state index is 12.8. The van der Waals surface area contributed by atoms with E-state index in [0.29, 0.717) is 16.8 Å². The Labute approximate surface area is 216 Å². The highest BCUT2D eigenvalue weighted by atomic mass is 35.5. The van der Waals surface area contributed by atoms with Crippen LogP contribution in [-0.2, 0) is 6.18 Å². The van der Waals surface area contributed by atoms with Crippen molar-refractivity contribution in [1.29, 1.82) is 0 Å². The largest absolute Gasteiger partial charge is 0.496 e. The lowest BCUT2D eigenvalue weighted by molar-refractivity contribution is -0.137. The topological polar surface area (TPSA) is 95.4 Å². The monoisotopic (exact) mass is 526 g/mol. The van der Waals surface area contributed by atoms with Gasteiger partial charge in [-0.25, -0.2) is 0 Å². The first-order chi connectivity index (χ1) is 17.5. The van der Waals surface area contributed by atoms with Crippen LogP contribution in [-0.4, -0.2) is 18.7 Å². The maximum Gasteiger partial charge on any atom is 0.416 e. The highest BCUT2D eigenvalue weighted by molar-refractivity contribution is 6.31. The van der Waals surface area contributed by atoms with E-state index in [2.05, 4.69) is 0 Å². The fraction of sp³-hybridized carbons (Fsp3) is 0.0714. The molecule has 9 heteroatoms. The Kier molecular flexibility index (Phi) is 8.57. The number of carbonyl (C=O) groups excluding carboxylic acids is 2. The zero-order valence-electron chi connectivity index (χ0n) is 19.6. The summed E-state index contributed by atoms with van der Waals surface area (Å²) >= 11 is 5.83. The van der Waals surface area contributed by atoms with Crippen molar-refractivity contribution in [2.45, 2.75) is 6.18 Å². The SMILES string of the molecule is COc1ccc(Cl)cc1C(=O)c1cc(C(F)(F)F)ccc1N.Nc1ccccc1C(=O)c1ccccc1. The summed E-state index contributed by atoms with van der Waals surface area (Å²) in [4.78, 5) is 24.5. The molecule has 5 nitrogen and oxygen atoms in total. The van der Waals surface area contributed by atoms with Crippen molar-refractivity contribution in [3.05, 3.63) is 124 Å². The maximum atomic E-state index is 12.8. The van der Waals surface area contributed by atoms with Crippen LogP contribution in [0.5, 0.6) is 5.75 Å². The lowest BCUT2D eigenvalue weighted by atomic mass is 9.98. The van der Waals surface area contributed by atoms with Crippen LogP contribution in [0.25, 0.3) is 0 Å². The summed E-state index contributed by atoms with van der Waals surface area (Å²) in [7, 11) is 1.34. The van der Waals surface area contributed by atoms with Gasteiger partial charge >= 0.3 is 6.18 Å². The van der Waals surface area contributed by atoms with E-state index in [1.807, 2.05) is 30.3 Å². The number of nitrogen functional groups attached to an aromatic ring is 2. The zero-order chi connectivity index (χ0) is 27.2. The summed E-state index contributed by atoms with van der Waals surface area (Å²) in [6.45, 7) is 0. The van der Waals surface area contributed by atoms with Gasteiger partial charge in [0.15, 0.2) is 11.6 Å². The fourth-order valence-electron chi connectivity index (χ4n) is 3.38. The second-order valence-electron chi connectivity index (χ2n) is 7.76. The molecule has 0 spiro atoms. The summed E-state index contributed by atoms with van der Waals surface area (Å²) in [5.74, 6) is -0.525. The Bertz CT molecular complexity index is 1420. The molecule has 0 aliphatic carbocycles. The minimum absolute atomic E-state index is 0.0336. The lowest BCUT2D eigenvalue weighted by Crippen LogP contribution is -2.11. The smallest absolute Gasteiger partial charge is 0.416 e. The van der Waals surface area contributed by atoms with Crippen molar-refractivity contribution in [3.8, 4) is 5.75 Å². The van der Waals surface area contributed by atoms with Crippen molar-refractivity contribution in [3.63, 3.8) is 0 Å². The van der Waals surface area contributed by atoms with E-state index in [1.165, 1.54) is 25.3 Å². The molecule has 0 amide bonds. The summed E-state index contributed by atoms with van der Waals surface area (Å²) < 4.78 is 43.4. The number of carbonyl (C=O) groups is 2. The van der Waals surface area contributed by atoms with Gasteiger partial charge in [0, 0.05) is 33.1 Å². The fourth-order valence-corrected chi connectivity index (χ4v) is 3.55. The number of halogens is 4. The first-order valence-electron chi connectivity index (χ1n) is 10.8. The summed E-state index contributed by atoms with van der Waals surface area (Å²) in [6, 6.07) is 23.1. The molecule has 0 fully saturated rings. The normalized spacial score (nSPS) is 10.7. The molecule has 0 saturated heterocycles. The van der Waals surface area contributed by atoms with E-state index in [-0.39, 0.29) is 33.4 Å². The number of anilines is 2.